The van der Waals surface area contributed by atoms with Crippen molar-refractivity contribution in [2.24, 2.45) is 0 Å². The summed E-state index contributed by atoms with van der Waals surface area (Å²) in [5, 5.41) is 0. The van der Waals surface area contributed by atoms with Crippen LogP contribution in [-0.2, 0) is 11.3 Å². The zero-order valence-electron chi connectivity index (χ0n) is 13.9. The zero-order valence-corrected chi connectivity index (χ0v) is 13.9. The molecule has 0 aromatic carbocycles. The standard InChI is InChI=1S/C17H23N3O3/c1-12(2)19-9-14(18-11-19)17(21)20-8-4-5-15(20)16-7-6-13(23-16)10-22-3/h6-7,9,11-12,15H,4-5,8,10H2,1-3H3/t15-/m1/s1. The van der Waals surface area contributed by atoms with Crippen LogP contribution in [0.3, 0.4) is 0 Å². The number of methoxy groups -OCH3 is 1. The van der Waals surface area contributed by atoms with Crippen molar-refractivity contribution in [3.63, 3.8) is 0 Å². The van der Waals surface area contributed by atoms with Gasteiger partial charge in [-0.05, 0) is 38.8 Å². The van der Waals surface area contributed by atoms with Crippen LogP contribution >= 0.6 is 0 Å². The number of aromatic nitrogens is 2. The summed E-state index contributed by atoms with van der Waals surface area (Å²) in [6, 6.07) is 4.13. The number of nitrogens with zero attached hydrogens (tertiary/aromatic N) is 3. The van der Waals surface area contributed by atoms with Crippen molar-refractivity contribution in [1.82, 2.24) is 14.5 Å². The number of imidazole rings is 1. The van der Waals surface area contributed by atoms with E-state index in [0.29, 0.717) is 18.3 Å². The van der Waals surface area contributed by atoms with Gasteiger partial charge in [0, 0.05) is 25.9 Å². The van der Waals surface area contributed by atoms with Gasteiger partial charge < -0.3 is 18.6 Å². The number of rotatable bonds is 5. The molecule has 1 amide bonds. The number of hydrogen-bond acceptors (Lipinski definition) is 4. The Labute approximate surface area is 136 Å². The first-order chi connectivity index (χ1) is 11.1. The zero-order chi connectivity index (χ0) is 16.4. The van der Waals surface area contributed by atoms with Crippen LogP contribution in [0.25, 0.3) is 0 Å². The van der Waals surface area contributed by atoms with Gasteiger partial charge in [-0.15, -0.1) is 0 Å². The molecule has 0 unspecified atom stereocenters. The molecule has 0 aliphatic carbocycles. The first-order valence-corrected chi connectivity index (χ1v) is 8.02. The number of likely N-dealkylation sites (tertiary alicyclic amines) is 1. The lowest BCUT2D eigenvalue weighted by Gasteiger charge is -2.22. The average molecular weight is 317 g/mol. The maximum Gasteiger partial charge on any atom is 0.274 e. The van der Waals surface area contributed by atoms with Crippen molar-refractivity contribution in [1.29, 1.82) is 0 Å². The highest BCUT2D eigenvalue weighted by Crippen LogP contribution is 2.34. The maximum absolute atomic E-state index is 12.8. The number of carbonyl (C=O) groups excluding carboxylic acids is 1. The second kappa shape index (κ2) is 6.58. The SMILES string of the molecule is COCc1ccc([C@H]2CCCN2C(=O)c2cn(C(C)C)cn2)o1. The minimum atomic E-state index is -0.0309. The number of furan rings is 1. The fourth-order valence-corrected chi connectivity index (χ4v) is 2.98. The molecule has 1 aliphatic rings. The fraction of sp³-hybridized carbons (Fsp3) is 0.529. The summed E-state index contributed by atoms with van der Waals surface area (Å²) in [7, 11) is 1.64. The largest absolute Gasteiger partial charge is 0.461 e. The van der Waals surface area contributed by atoms with Gasteiger partial charge in [-0.25, -0.2) is 4.98 Å². The van der Waals surface area contributed by atoms with E-state index in [1.165, 1.54) is 0 Å². The van der Waals surface area contributed by atoms with Crippen LogP contribution in [0, 0.1) is 0 Å². The lowest BCUT2D eigenvalue weighted by atomic mass is 10.1. The molecule has 3 heterocycles. The molecule has 0 bridgehead atoms. The highest BCUT2D eigenvalue weighted by atomic mass is 16.5. The summed E-state index contributed by atoms with van der Waals surface area (Å²) >= 11 is 0. The highest BCUT2D eigenvalue weighted by Gasteiger charge is 2.33. The van der Waals surface area contributed by atoms with E-state index in [1.54, 1.807) is 13.4 Å². The molecule has 1 atom stereocenters. The topological polar surface area (TPSA) is 60.5 Å². The van der Waals surface area contributed by atoms with E-state index < -0.39 is 0 Å². The summed E-state index contributed by atoms with van der Waals surface area (Å²) in [4.78, 5) is 18.9. The minimum absolute atomic E-state index is 0.0164. The van der Waals surface area contributed by atoms with Gasteiger partial charge in [0.2, 0.25) is 0 Å². The van der Waals surface area contributed by atoms with E-state index in [4.69, 9.17) is 9.15 Å². The van der Waals surface area contributed by atoms with Gasteiger partial charge in [-0.3, -0.25) is 4.79 Å². The monoisotopic (exact) mass is 317 g/mol. The molecule has 23 heavy (non-hydrogen) atoms. The normalized spacial score (nSPS) is 18.1. The Kier molecular flexibility index (Phi) is 4.52. The number of ether oxygens (including phenoxy) is 1. The number of amides is 1. The summed E-state index contributed by atoms with van der Waals surface area (Å²) in [5.74, 6) is 1.58. The van der Waals surface area contributed by atoms with Crippen LogP contribution in [0.5, 0.6) is 0 Å². The van der Waals surface area contributed by atoms with E-state index in [9.17, 15) is 4.79 Å². The van der Waals surface area contributed by atoms with Crippen molar-refractivity contribution >= 4 is 5.91 Å². The predicted octanol–water partition coefficient (Wildman–Crippen LogP) is 3.18. The average Bonchev–Trinajstić information content (AvgIpc) is 3.26. The lowest BCUT2D eigenvalue weighted by molar-refractivity contribution is 0.0710. The van der Waals surface area contributed by atoms with Crippen LogP contribution in [-0.4, -0.2) is 34.0 Å². The third-order valence-corrected chi connectivity index (χ3v) is 4.23. The van der Waals surface area contributed by atoms with Crippen LogP contribution in [0.1, 0.15) is 60.8 Å². The summed E-state index contributed by atoms with van der Waals surface area (Å²) in [5.41, 5.74) is 0.495. The highest BCUT2D eigenvalue weighted by molar-refractivity contribution is 5.92. The van der Waals surface area contributed by atoms with Gasteiger partial charge in [-0.2, -0.15) is 0 Å². The molecule has 6 heteroatoms. The van der Waals surface area contributed by atoms with Crippen molar-refractivity contribution in [2.45, 2.75) is 45.4 Å². The van der Waals surface area contributed by atoms with Crippen LogP contribution in [0.15, 0.2) is 29.1 Å². The van der Waals surface area contributed by atoms with Crippen LogP contribution in [0.2, 0.25) is 0 Å². The van der Waals surface area contributed by atoms with E-state index >= 15 is 0 Å². The Balaban J connectivity index is 1.78. The smallest absolute Gasteiger partial charge is 0.274 e. The molecular formula is C17H23N3O3. The van der Waals surface area contributed by atoms with E-state index in [-0.39, 0.29) is 11.9 Å². The molecule has 1 aliphatic heterocycles. The molecule has 1 saturated heterocycles. The van der Waals surface area contributed by atoms with Gasteiger partial charge in [0.15, 0.2) is 0 Å². The quantitative estimate of drug-likeness (QED) is 0.850. The Bertz CT molecular complexity index is 674. The second-order valence-electron chi connectivity index (χ2n) is 6.19. The van der Waals surface area contributed by atoms with E-state index in [1.807, 2.05) is 27.8 Å². The molecule has 2 aromatic heterocycles. The molecule has 0 saturated carbocycles. The molecule has 124 valence electrons. The van der Waals surface area contributed by atoms with Crippen molar-refractivity contribution in [3.05, 3.63) is 41.9 Å². The molecule has 0 spiro atoms. The molecule has 1 fully saturated rings. The minimum Gasteiger partial charge on any atom is -0.461 e. The van der Waals surface area contributed by atoms with Gasteiger partial charge in [0.05, 0.1) is 12.4 Å². The Morgan fingerprint density at radius 3 is 3.00 bits per heavy atom. The Morgan fingerprint density at radius 2 is 2.30 bits per heavy atom. The second-order valence-corrected chi connectivity index (χ2v) is 6.19. The molecule has 6 nitrogen and oxygen atoms in total. The van der Waals surface area contributed by atoms with Crippen LogP contribution < -0.4 is 0 Å². The summed E-state index contributed by atoms with van der Waals surface area (Å²) < 4.78 is 12.9. The fourth-order valence-electron chi connectivity index (χ4n) is 2.98. The molecule has 3 rings (SSSR count). The maximum atomic E-state index is 12.8. The van der Waals surface area contributed by atoms with Gasteiger partial charge >= 0.3 is 0 Å². The Hall–Kier alpha value is -2.08. The first-order valence-electron chi connectivity index (χ1n) is 8.02. The van der Waals surface area contributed by atoms with E-state index in [2.05, 4.69) is 18.8 Å². The molecule has 0 radical (unpaired) electrons. The van der Waals surface area contributed by atoms with E-state index in [0.717, 1.165) is 30.9 Å². The van der Waals surface area contributed by atoms with Gasteiger partial charge in [-0.1, -0.05) is 0 Å². The third-order valence-electron chi connectivity index (χ3n) is 4.23. The predicted molar refractivity (Wildman–Crippen MR) is 85.0 cm³/mol. The summed E-state index contributed by atoms with van der Waals surface area (Å²) in [6.07, 6.45) is 5.42. The van der Waals surface area contributed by atoms with Crippen molar-refractivity contribution in [2.75, 3.05) is 13.7 Å². The summed E-state index contributed by atoms with van der Waals surface area (Å²) in [6.45, 7) is 5.31. The molecular weight excluding hydrogens is 294 g/mol. The molecule has 0 N–H and O–H groups in total. The van der Waals surface area contributed by atoms with Gasteiger partial charge in [0.25, 0.3) is 5.91 Å². The number of carbonyl (C=O) groups is 1. The van der Waals surface area contributed by atoms with Crippen LogP contribution in [0.4, 0.5) is 0 Å². The first kappa shape index (κ1) is 15.8. The third kappa shape index (κ3) is 3.17. The van der Waals surface area contributed by atoms with Crippen molar-refractivity contribution < 1.29 is 13.9 Å². The molecule has 2 aromatic rings. The lowest BCUT2D eigenvalue weighted by Crippen LogP contribution is -2.30. The number of hydrogen-bond donors (Lipinski definition) is 0. The van der Waals surface area contributed by atoms with Gasteiger partial charge in [0.1, 0.15) is 23.8 Å². The Morgan fingerprint density at radius 1 is 1.48 bits per heavy atom. The van der Waals surface area contributed by atoms with Crippen molar-refractivity contribution in [3.8, 4) is 0 Å².